The third kappa shape index (κ3) is 6.00. The van der Waals surface area contributed by atoms with Gasteiger partial charge in [0.2, 0.25) is 0 Å². The molecule has 10 heteroatoms. The average molecular weight is 343 g/mol. The molecule has 1 heterocycles. The highest BCUT2D eigenvalue weighted by molar-refractivity contribution is 7.13. The van der Waals surface area contributed by atoms with Gasteiger partial charge in [-0.25, -0.2) is 9.78 Å². The van der Waals surface area contributed by atoms with E-state index in [4.69, 9.17) is 15.6 Å². The van der Waals surface area contributed by atoms with Gasteiger partial charge in [-0.15, -0.1) is 11.3 Å². The molecular formula is C13H17N3O6S. The number of amides is 1. The molecule has 0 saturated heterocycles. The standard InChI is InChI=1S/C13H13N3O4S.2H2O/c14-10(11(17)18)9-7-21-12(15-9)16-13(19)20-6-8-4-2-1-3-5-8;;/h1-5,7,10H,6,14H2,(H,17,18)(H,15,16,19);2*1H2. The fourth-order valence-electron chi connectivity index (χ4n) is 1.46. The van der Waals surface area contributed by atoms with Crippen LogP contribution in [-0.2, 0) is 16.1 Å². The van der Waals surface area contributed by atoms with E-state index in [0.717, 1.165) is 16.9 Å². The van der Waals surface area contributed by atoms with Gasteiger partial charge in [0.15, 0.2) is 5.13 Å². The molecule has 0 spiro atoms. The van der Waals surface area contributed by atoms with Crippen molar-refractivity contribution in [2.75, 3.05) is 5.32 Å². The van der Waals surface area contributed by atoms with Gasteiger partial charge in [0.05, 0.1) is 5.69 Å². The lowest BCUT2D eigenvalue weighted by Crippen LogP contribution is -2.21. The topological polar surface area (TPSA) is 178 Å². The van der Waals surface area contributed by atoms with Crippen LogP contribution in [0.3, 0.4) is 0 Å². The molecule has 0 bridgehead atoms. The van der Waals surface area contributed by atoms with Gasteiger partial charge in [-0.05, 0) is 5.56 Å². The molecule has 1 amide bonds. The maximum Gasteiger partial charge on any atom is 0.413 e. The van der Waals surface area contributed by atoms with Crippen LogP contribution < -0.4 is 11.1 Å². The predicted octanol–water partition coefficient (Wildman–Crippen LogP) is 0.327. The van der Waals surface area contributed by atoms with E-state index in [1.165, 1.54) is 5.38 Å². The summed E-state index contributed by atoms with van der Waals surface area (Å²) in [6, 6.07) is 8.01. The second kappa shape index (κ2) is 9.48. The Morgan fingerprint density at radius 3 is 2.57 bits per heavy atom. The van der Waals surface area contributed by atoms with Crippen molar-refractivity contribution in [2.45, 2.75) is 12.6 Å². The molecule has 9 nitrogen and oxygen atoms in total. The second-order valence-electron chi connectivity index (χ2n) is 4.08. The number of rotatable bonds is 5. The van der Waals surface area contributed by atoms with E-state index in [1.807, 2.05) is 30.3 Å². The van der Waals surface area contributed by atoms with E-state index in [-0.39, 0.29) is 28.4 Å². The molecule has 0 fully saturated rings. The Hall–Kier alpha value is -2.53. The summed E-state index contributed by atoms with van der Waals surface area (Å²) in [5.74, 6) is -1.18. The summed E-state index contributed by atoms with van der Waals surface area (Å²) in [6.07, 6.45) is -0.663. The number of carbonyl (C=O) groups excluding carboxylic acids is 1. The predicted molar refractivity (Wildman–Crippen MR) is 84.2 cm³/mol. The van der Waals surface area contributed by atoms with Crippen LogP contribution >= 0.6 is 11.3 Å². The molecule has 0 radical (unpaired) electrons. The summed E-state index contributed by atoms with van der Waals surface area (Å²) in [5, 5.41) is 12.9. The first-order valence-electron chi connectivity index (χ1n) is 5.98. The zero-order valence-electron chi connectivity index (χ0n) is 11.9. The number of carboxylic acids is 1. The number of anilines is 1. The summed E-state index contributed by atoms with van der Waals surface area (Å²) in [6.45, 7) is 0.138. The third-order valence-corrected chi connectivity index (χ3v) is 3.30. The van der Waals surface area contributed by atoms with Crippen molar-refractivity contribution >= 4 is 28.5 Å². The van der Waals surface area contributed by atoms with Crippen molar-refractivity contribution in [3.05, 3.63) is 47.0 Å². The lowest BCUT2D eigenvalue weighted by atomic mass is 10.2. The Labute approximate surface area is 135 Å². The molecule has 0 aliphatic carbocycles. The maximum absolute atomic E-state index is 11.6. The number of nitrogens with one attached hydrogen (secondary N) is 1. The van der Waals surface area contributed by atoms with Gasteiger partial charge in [-0.2, -0.15) is 0 Å². The number of hydrogen-bond donors (Lipinski definition) is 3. The van der Waals surface area contributed by atoms with Crippen molar-refractivity contribution < 1.29 is 30.4 Å². The largest absolute Gasteiger partial charge is 0.480 e. The van der Waals surface area contributed by atoms with Crippen LogP contribution in [-0.4, -0.2) is 33.1 Å². The maximum atomic E-state index is 11.6. The lowest BCUT2D eigenvalue weighted by Gasteiger charge is -2.05. The van der Waals surface area contributed by atoms with E-state index in [2.05, 4.69) is 10.3 Å². The van der Waals surface area contributed by atoms with E-state index < -0.39 is 18.1 Å². The first-order chi connectivity index (χ1) is 10.1. The van der Waals surface area contributed by atoms with Crippen LogP contribution in [0.15, 0.2) is 35.7 Å². The molecule has 8 N–H and O–H groups in total. The van der Waals surface area contributed by atoms with Crippen LogP contribution in [0.25, 0.3) is 0 Å². The van der Waals surface area contributed by atoms with Crippen molar-refractivity contribution in [1.82, 2.24) is 4.98 Å². The summed E-state index contributed by atoms with van der Waals surface area (Å²) >= 11 is 1.08. The van der Waals surface area contributed by atoms with E-state index in [0.29, 0.717) is 0 Å². The molecular weight excluding hydrogens is 326 g/mol. The van der Waals surface area contributed by atoms with E-state index in [1.54, 1.807) is 0 Å². The van der Waals surface area contributed by atoms with Gasteiger partial charge in [0.25, 0.3) is 0 Å². The molecule has 0 aliphatic rings. The van der Waals surface area contributed by atoms with Crippen molar-refractivity contribution in [3.8, 4) is 0 Å². The Kier molecular flexibility index (Phi) is 8.44. The smallest absolute Gasteiger partial charge is 0.413 e. The summed E-state index contributed by atoms with van der Waals surface area (Å²) < 4.78 is 5.02. The number of ether oxygens (including phenoxy) is 1. The molecule has 1 unspecified atom stereocenters. The molecule has 1 aromatic heterocycles. The molecule has 1 aromatic carbocycles. The highest BCUT2D eigenvalue weighted by Crippen LogP contribution is 2.19. The van der Waals surface area contributed by atoms with Crippen LogP contribution in [0.2, 0.25) is 0 Å². The number of nitrogens with two attached hydrogens (primary N) is 1. The number of nitrogens with zero attached hydrogens (tertiary/aromatic N) is 1. The zero-order valence-corrected chi connectivity index (χ0v) is 12.7. The minimum atomic E-state index is -1.21. The highest BCUT2D eigenvalue weighted by atomic mass is 32.1. The molecule has 23 heavy (non-hydrogen) atoms. The number of aliphatic carboxylic acids is 1. The summed E-state index contributed by atoms with van der Waals surface area (Å²) in [4.78, 5) is 26.2. The van der Waals surface area contributed by atoms with Gasteiger partial charge >= 0.3 is 12.1 Å². The van der Waals surface area contributed by atoms with Gasteiger partial charge in [0.1, 0.15) is 12.6 Å². The molecule has 0 aliphatic heterocycles. The van der Waals surface area contributed by atoms with Gasteiger partial charge < -0.3 is 26.5 Å². The van der Waals surface area contributed by atoms with Gasteiger partial charge in [0, 0.05) is 5.38 Å². The summed E-state index contributed by atoms with van der Waals surface area (Å²) in [7, 11) is 0. The van der Waals surface area contributed by atoms with Crippen LogP contribution in [0.1, 0.15) is 17.3 Å². The van der Waals surface area contributed by atoms with Gasteiger partial charge in [-0.1, -0.05) is 30.3 Å². The number of thiazole rings is 1. The number of aromatic nitrogens is 1. The van der Waals surface area contributed by atoms with Crippen LogP contribution in [0.5, 0.6) is 0 Å². The average Bonchev–Trinajstić information content (AvgIpc) is 2.93. The molecule has 1 atom stereocenters. The minimum Gasteiger partial charge on any atom is -0.480 e. The van der Waals surface area contributed by atoms with Crippen molar-refractivity contribution in [3.63, 3.8) is 0 Å². The molecule has 126 valence electrons. The van der Waals surface area contributed by atoms with E-state index >= 15 is 0 Å². The number of hydrogen-bond acceptors (Lipinski definition) is 6. The van der Waals surface area contributed by atoms with E-state index in [9.17, 15) is 9.59 Å². The SMILES string of the molecule is NC(C(=O)O)c1csc(NC(=O)OCc2ccccc2)n1.O.O. The van der Waals surface area contributed by atoms with Gasteiger partial charge in [-0.3, -0.25) is 10.1 Å². The Morgan fingerprint density at radius 2 is 1.96 bits per heavy atom. The summed E-state index contributed by atoms with van der Waals surface area (Å²) in [5.41, 5.74) is 6.46. The first kappa shape index (κ1) is 20.5. The lowest BCUT2D eigenvalue weighted by molar-refractivity contribution is -0.138. The zero-order chi connectivity index (χ0) is 15.2. The quantitative estimate of drug-likeness (QED) is 0.703. The normalized spacial score (nSPS) is 10.7. The Morgan fingerprint density at radius 1 is 1.30 bits per heavy atom. The number of benzene rings is 1. The third-order valence-electron chi connectivity index (χ3n) is 2.53. The van der Waals surface area contributed by atoms with Crippen molar-refractivity contribution in [1.29, 1.82) is 0 Å². The molecule has 2 aromatic rings. The van der Waals surface area contributed by atoms with Crippen LogP contribution in [0, 0.1) is 0 Å². The van der Waals surface area contributed by atoms with Crippen molar-refractivity contribution in [2.24, 2.45) is 5.73 Å². The molecule has 2 rings (SSSR count). The monoisotopic (exact) mass is 343 g/mol. The highest BCUT2D eigenvalue weighted by Gasteiger charge is 2.18. The fraction of sp³-hybridized carbons (Fsp3) is 0.154. The minimum absolute atomic E-state index is 0. The fourth-order valence-corrected chi connectivity index (χ4v) is 2.19. The number of carboxylic acid groups (broad SMARTS) is 1. The number of carbonyl (C=O) groups is 2. The Balaban J connectivity index is 0.00000242. The molecule has 0 saturated carbocycles. The Bertz CT molecular complexity index is 634. The van der Waals surface area contributed by atoms with Crippen LogP contribution in [0.4, 0.5) is 9.93 Å². The second-order valence-corrected chi connectivity index (χ2v) is 4.94. The first-order valence-corrected chi connectivity index (χ1v) is 6.85.